The molecule has 0 saturated heterocycles. The van der Waals surface area contributed by atoms with Gasteiger partial charge >= 0.3 is 0 Å². The largest absolute Gasteiger partial charge is 0.456 e. The Morgan fingerprint density at radius 3 is 1.45 bits per heavy atom. The molecule has 4 nitrogen and oxygen atoms in total. The summed E-state index contributed by atoms with van der Waals surface area (Å²) in [6.45, 7) is 0. The van der Waals surface area contributed by atoms with E-state index in [9.17, 15) is 0 Å². The molecule has 0 unspecified atom stereocenters. The Hall–Kier alpha value is -6.65. The van der Waals surface area contributed by atoms with Gasteiger partial charge in [0.15, 0.2) is 5.82 Å². The molecule has 2 aromatic heterocycles. The predicted octanol–water partition coefficient (Wildman–Crippen LogP) is 11.6. The number of hydrogen-bond acceptors (Lipinski definition) is 4. The maximum absolute atomic E-state index is 6.85. The lowest BCUT2D eigenvalue weighted by Crippen LogP contribution is -1.97. The van der Waals surface area contributed by atoms with Gasteiger partial charge in [0.25, 0.3) is 0 Å². The molecule has 230 valence electrons. The average Bonchev–Trinajstić information content (AvgIpc) is 3.20. The Bertz CT molecular complexity index is 2420. The SMILES string of the molecule is c1ccc(-c2nc(-c3cccnc3)cc(-c3ccc4c(c3)-c3ccccc3Oc3ccccc3-c3ccccc3-c3ccccc3-4)n2)cc1. The zero-order chi connectivity index (χ0) is 32.6. The van der Waals surface area contributed by atoms with Crippen LogP contribution in [0.2, 0.25) is 0 Å². The van der Waals surface area contributed by atoms with Crippen LogP contribution in [0.5, 0.6) is 11.5 Å². The molecule has 8 aromatic rings. The lowest BCUT2D eigenvalue weighted by atomic mass is 9.86. The van der Waals surface area contributed by atoms with Gasteiger partial charge in [-0.05, 0) is 69.8 Å². The van der Waals surface area contributed by atoms with Crippen molar-refractivity contribution in [2.45, 2.75) is 0 Å². The highest BCUT2D eigenvalue weighted by Gasteiger charge is 2.22. The highest BCUT2D eigenvalue weighted by molar-refractivity contribution is 5.98. The summed E-state index contributed by atoms with van der Waals surface area (Å²) in [5.74, 6) is 2.26. The molecule has 49 heavy (non-hydrogen) atoms. The molecule has 0 spiro atoms. The quantitative estimate of drug-likeness (QED) is 0.196. The third kappa shape index (κ3) is 5.26. The van der Waals surface area contributed by atoms with Crippen molar-refractivity contribution in [3.63, 3.8) is 0 Å². The second-order valence-electron chi connectivity index (χ2n) is 12.0. The zero-order valence-electron chi connectivity index (χ0n) is 26.5. The van der Waals surface area contributed by atoms with E-state index >= 15 is 0 Å². The highest BCUT2D eigenvalue weighted by atomic mass is 16.5. The summed E-state index contributed by atoms with van der Waals surface area (Å²) in [6, 6.07) is 56.6. The molecule has 6 aromatic carbocycles. The number of ether oxygens (including phenoxy) is 1. The molecule has 0 fully saturated rings. The summed E-state index contributed by atoms with van der Waals surface area (Å²) in [4.78, 5) is 14.5. The third-order valence-electron chi connectivity index (χ3n) is 9.04. The maximum atomic E-state index is 6.85. The number of pyridine rings is 1. The number of benzene rings is 6. The molecule has 0 amide bonds. The van der Waals surface area contributed by atoms with Gasteiger partial charge in [-0.1, -0.05) is 127 Å². The van der Waals surface area contributed by atoms with Crippen molar-refractivity contribution in [2.75, 3.05) is 0 Å². The summed E-state index contributed by atoms with van der Waals surface area (Å²) in [5, 5.41) is 0. The van der Waals surface area contributed by atoms with Crippen molar-refractivity contribution < 1.29 is 4.74 Å². The van der Waals surface area contributed by atoms with Gasteiger partial charge < -0.3 is 4.74 Å². The van der Waals surface area contributed by atoms with Crippen LogP contribution >= 0.6 is 0 Å². The molecule has 1 aliphatic rings. The van der Waals surface area contributed by atoms with E-state index in [-0.39, 0.29) is 0 Å². The molecule has 3 heterocycles. The van der Waals surface area contributed by atoms with Crippen LogP contribution in [-0.2, 0) is 0 Å². The van der Waals surface area contributed by atoms with Crippen molar-refractivity contribution >= 4 is 0 Å². The molecular weight excluding hydrogens is 599 g/mol. The Morgan fingerprint density at radius 1 is 0.347 bits per heavy atom. The monoisotopic (exact) mass is 627 g/mol. The fourth-order valence-corrected chi connectivity index (χ4v) is 6.72. The number of rotatable bonds is 3. The predicted molar refractivity (Wildman–Crippen MR) is 198 cm³/mol. The van der Waals surface area contributed by atoms with E-state index in [0.717, 1.165) is 84.1 Å². The van der Waals surface area contributed by atoms with Crippen molar-refractivity contribution in [3.05, 3.63) is 176 Å². The van der Waals surface area contributed by atoms with Gasteiger partial charge in [-0.25, -0.2) is 9.97 Å². The number of aromatic nitrogens is 3. The molecular formula is C45H29N3O. The van der Waals surface area contributed by atoms with Crippen molar-refractivity contribution in [2.24, 2.45) is 0 Å². The van der Waals surface area contributed by atoms with E-state index in [1.165, 1.54) is 0 Å². The van der Waals surface area contributed by atoms with Crippen LogP contribution in [0.15, 0.2) is 176 Å². The number of hydrogen-bond donors (Lipinski definition) is 0. The lowest BCUT2D eigenvalue weighted by molar-refractivity contribution is 0.486. The van der Waals surface area contributed by atoms with Crippen LogP contribution < -0.4 is 4.74 Å². The summed E-state index contributed by atoms with van der Waals surface area (Å²) in [7, 11) is 0. The Morgan fingerprint density at radius 2 is 0.837 bits per heavy atom. The standard InChI is InChI=1S/C45H29N3O/c1-2-13-30(14-3-1)45-47-41(28-42(48-45)32-15-12-26-46-29-32)31-24-25-37-35-18-5-4-16-33(35)34-17-6-7-19-36(34)38-20-8-10-22-43(38)49-44-23-11-9-21-39(44)40(37)27-31/h1-29H. The van der Waals surface area contributed by atoms with Gasteiger partial charge in [-0.2, -0.15) is 0 Å². The molecule has 0 saturated carbocycles. The second kappa shape index (κ2) is 12.2. The smallest absolute Gasteiger partial charge is 0.160 e. The second-order valence-corrected chi connectivity index (χ2v) is 12.0. The van der Waals surface area contributed by atoms with E-state index < -0.39 is 0 Å². The molecule has 0 aliphatic carbocycles. The molecule has 9 rings (SSSR count). The third-order valence-corrected chi connectivity index (χ3v) is 9.04. The molecule has 0 radical (unpaired) electrons. The van der Waals surface area contributed by atoms with Gasteiger partial charge in [-0.3, -0.25) is 4.98 Å². The molecule has 0 N–H and O–H groups in total. The molecule has 0 atom stereocenters. The number of para-hydroxylation sites is 2. The van der Waals surface area contributed by atoms with Gasteiger partial charge in [-0.15, -0.1) is 0 Å². The molecule has 0 bridgehead atoms. The fourth-order valence-electron chi connectivity index (χ4n) is 6.72. The Kier molecular flexibility index (Phi) is 7.10. The van der Waals surface area contributed by atoms with Crippen LogP contribution in [-0.4, -0.2) is 15.0 Å². The van der Waals surface area contributed by atoms with E-state index in [2.05, 4.69) is 114 Å². The molecule has 1 aliphatic heterocycles. The van der Waals surface area contributed by atoms with Crippen molar-refractivity contribution in [1.82, 2.24) is 15.0 Å². The number of nitrogens with zero attached hydrogens (tertiary/aromatic N) is 3. The van der Waals surface area contributed by atoms with Gasteiger partial charge in [0.1, 0.15) is 11.5 Å². The van der Waals surface area contributed by atoms with E-state index in [1.807, 2.05) is 60.8 Å². The summed E-state index contributed by atoms with van der Waals surface area (Å²) >= 11 is 0. The maximum Gasteiger partial charge on any atom is 0.160 e. The minimum absolute atomic E-state index is 0.663. The van der Waals surface area contributed by atoms with E-state index in [1.54, 1.807) is 6.20 Å². The lowest BCUT2D eigenvalue weighted by Gasteiger charge is -2.18. The van der Waals surface area contributed by atoms with E-state index in [0.29, 0.717) is 5.82 Å². The fraction of sp³-hybridized carbons (Fsp3) is 0. The highest BCUT2D eigenvalue weighted by Crippen LogP contribution is 2.48. The van der Waals surface area contributed by atoms with Crippen LogP contribution in [0, 0.1) is 0 Å². The summed E-state index contributed by atoms with van der Waals surface area (Å²) in [6.07, 6.45) is 3.62. The first kappa shape index (κ1) is 28.6. The topological polar surface area (TPSA) is 47.9 Å². The minimum atomic E-state index is 0.663. The average molecular weight is 628 g/mol. The molecule has 4 heteroatoms. The summed E-state index contributed by atoms with van der Waals surface area (Å²) < 4.78 is 6.85. The van der Waals surface area contributed by atoms with Crippen LogP contribution in [0.25, 0.3) is 78.4 Å². The first-order valence-corrected chi connectivity index (χ1v) is 16.3. The van der Waals surface area contributed by atoms with Gasteiger partial charge in [0.2, 0.25) is 0 Å². The van der Waals surface area contributed by atoms with Gasteiger partial charge in [0.05, 0.1) is 11.4 Å². The van der Waals surface area contributed by atoms with E-state index in [4.69, 9.17) is 14.7 Å². The Labute approximate surface area is 285 Å². The first-order chi connectivity index (χ1) is 24.3. The summed E-state index contributed by atoms with van der Waals surface area (Å²) in [5.41, 5.74) is 13.3. The van der Waals surface area contributed by atoms with Gasteiger partial charge in [0, 0.05) is 40.2 Å². The first-order valence-electron chi connectivity index (χ1n) is 16.3. The van der Waals surface area contributed by atoms with Crippen molar-refractivity contribution in [3.8, 4) is 89.9 Å². The number of fused-ring (bicyclic) bond motifs is 9. The van der Waals surface area contributed by atoms with Crippen LogP contribution in [0.3, 0.4) is 0 Å². The normalized spacial score (nSPS) is 11.4. The van der Waals surface area contributed by atoms with Crippen molar-refractivity contribution in [1.29, 1.82) is 0 Å². The zero-order valence-corrected chi connectivity index (χ0v) is 26.5. The Balaban J connectivity index is 1.32. The van der Waals surface area contributed by atoms with Crippen LogP contribution in [0.4, 0.5) is 0 Å². The minimum Gasteiger partial charge on any atom is -0.456 e. The van der Waals surface area contributed by atoms with Crippen LogP contribution in [0.1, 0.15) is 0 Å².